The number of carbonyl (C=O) groups is 2. The van der Waals surface area contributed by atoms with E-state index in [1.807, 2.05) is 0 Å². The van der Waals surface area contributed by atoms with Crippen LogP contribution in [0.4, 0.5) is 0 Å². The van der Waals surface area contributed by atoms with E-state index in [2.05, 4.69) is 0 Å². The zero-order chi connectivity index (χ0) is 12.6. The highest BCUT2D eigenvalue weighted by Crippen LogP contribution is 2.44. The smallest absolute Gasteiger partial charge is 0.309 e. The molecule has 0 radical (unpaired) electrons. The van der Waals surface area contributed by atoms with Gasteiger partial charge in [0, 0.05) is 16.9 Å². The first-order valence-corrected chi connectivity index (χ1v) is 6.83. The Kier molecular flexibility index (Phi) is 3.76. The van der Waals surface area contributed by atoms with Crippen LogP contribution in [-0.2, 0) is 9.53 Å². The topological polar surface area (TPSA) is 43.4 Å². The summed E-state index contributed by atoms with van der Waals surface area (Å²) >= 11 is 12.9. The third-order valence-corrected chi connectivity index (χ3v) is 4.49. The average Bonchev–Trinajstić information content (AvgIpc) is 3.02. The predicted molar refractivity (Wildman–Crippen MR) is 66.9 cm³/mol. The molecule has 0 spiro atoms. The lowest BCUT2D eigenvalue weighted by atomic mass is 10.1. The number of rotatable bonds is 4. The molecule has 2 rings (SSSR count). The summed E-state index contributed by atoms with van der Waals surface area (Å²) < 4.78 is 5.28. The summed E-state index contributed by atoms with van der Waals surface area (Å²) in [6.07, 6.45) is 0.543. The molecule has 92 valence electrons. The maximum absolute atomic E-state index is 12.0. The van der Waals surface area contributed by atoms with Crippen molar-refractivity contribution in [3.8, 4) is 0 Å². The predicted octanol–water partition coefficient (Wildman–Crippen LogP) is 3.44. The molecule has 1 aromatic rings. The van der Waals surface area contributed by atoms with Crippen molar-refractivity contribution in [2.24, 2.45) is 11.8 Å². The van der Waals surface area contributed by atoms with Gasteiger partial charge in [0.25, 0.3) is 0 Å². The molecular formula is C11H10Cl2O3S. The van der Waals surface area contributed by atoms with E-state index in [4.69, 9.17) is 27.9 Å². The summed E-state index contributed by atoms with van der Waals surface area (Å²) in [4.78, 5) is 23.4. The van der Waals surface area contributed by atoms with Gasteiger partial charge in [0.2, 0.25) is 0 Å². The van der Waals surface area contributed by atoms with Gasteiger partial charge in [-0.1, -0.05) is 23.2 Å². The zero-order valence-corrected chi connectivity index (χ0v) is 11.4. The van der Waals surface area contributed by atoms with E-state index in [-0.39, 0.29) is 28.6 Å². The second kappa shape index (κ2) is 4.96. The first-order valence-electron chi connectivity index (χ1n) is 5.19. The van der Waals surface area contributed by atoms with Gasteiger partial charge in [-0.3, -0.25) is 9.59 Å². The fraction of sp³-hybridized carbons (Fsp3) is 0.455. The van der Waals surface area contributed by atoms with Crippen molar-refractivity contribution in [2.45, 2.75) is 13.3 Å². The Morgan fingerprint density at radius 1 is 1.47 bits per heavy atom. The van der Waals surface area contributed by atoms with E-state index in [0.29, 0.717) is 22.9 Å². The molecule has 3 nitrogen and oxygen atoms in total. The summed E-state index contributed by atoms with van der Waals surface area (Å²) in [7, 11) is 0. The molecule has 0 bridgehead atoms. The fourth-order valence-corrected chi connectivity index (χ4v) is 2.93. The number of hydrogen-bond acceptors (Lipinski definition) is 4. The molecule has 0 N–H and O–H groups in total. The number of thiophene rings is 1. The van der Waals surface area contributed by atoms with Crippen molar-refractivity contribution in [3.63, 3.8) is 0 Å². The summed E-state index contributed by atoms with van der Waals surface area (Å²) in [5, 5.41) is 1.92. The number of halogens is 2. The molecule has 1 aromatic heterocycles. The minimum atomic E-state index is -0.308. The van der Waals surface area contributed by atoms with Gasteiger partial charge < -0.3 is 4.74 Å². The molecule has 0 aromatic carbocycles. The number of hydrogen-bond donors (Lipinski definition) is 0. The molecule has 0 saturated heterocycles. The minimum absolute atomic E-state index is 0.115. The normalized spacial score (nSPS) is 22.3. The van der Waals surface area contributed by atoms with E-state index < -0.39 is 0 Å². The third-order valence-electron chi connectivity index (χ3n) is 2.67. The molecule has 1 fully saturated rings. The van der Waals surface area contributed by atoms with E-state index in [0.717, 1.165) is 0 Å². The van der Waals surface area contributed by atoms with Crippen molar-refractivity contribution in [3.05, 3.63) is 20.3 Å². The summed E-state index contributed by atoms with van der Waals surface area (Å²) in [5.74, 6) is -1.02. The van der Waals surface area contributed by atoms with Crippen LogP contribution in [0.3, 0.4) is 0 Å². The van der Waals surface area contributed by atoms with Crippen LogP contribution in [-0.4, -0.2) is 18.4 Å². The molecule has 2 unspecified atom stereocenters. The molecule has 17 heavy (non-hydrogen) atoms. The highest BCUT2D eigenvalue weighted by Gasteiger charge is 2.49. The second-order valence-electron chi connectivity index (χ2n) is 3.80. The van der Waals surface area contributed by atoms with Crippen LogP contribution in [0.5, 0.6) is 0 Å². The summed E-state index contributed by atoms with van der Waals surface area (Å²) in [6, 6.07) is 0. The van der Waals surface area contributed by atoms with Crippen LogP contribution < -0.4 is 0 Å². The molecule has 2 atom stereocenters. The molecule has 1 aliphatic carbocycles. The number of esters is 1. The molecule has 1 saturated carbocycles. The maximum atomic E-state index is 12.0. The van der Waals surface area contributed by atoms with Crippen LogP contribution in [0.15, 0.2) is 5.38 Å². The van der Waals surface area contributed by atoms with E-state index >= 15 is 0 Å². The van der Waals surface area contributed by atoms with E-state index in [1.165, 1.54) is 11.3 Å². The van der Waals surface area contributed by atoms with Crippen molar-refractivity contribution in [1.82, 2.24) is 0 Å². The van der Waals surface area contributed by atoms with Crippen LogP contribution in [0.1, 0.15) is 23.7 Å². The van der Waals surface area contributed by atoms with Gasteiger partial charge >= 0.3 is 5.97 Å². The van der Waals surface area contributed by atoms with Crippen LogP contribution >= 0.6 is 34.5 Å². The van der Waals surface area contributed by atoms with Crippen LogP contribution in [0.25, 0.3) is 0 Å². The van der Waals surface area contributed by atoms with Gasteiger partial charge in [0.1, 0.15) is 4.34 Å². The second-order valence-corrected chi connectivity index (χ2v) is 5.66. The molecule has 1 heterocycles. The summed E-state index contributed by atoms with van der Waals surface area (Å²) in [5.41, 5.74) is 0.415. The minimum Gasteiger partial charge on any atom is -0.466 e. The molecule has 0 amide bonds. The first kappa shape index (κ1) is 12.9. The molecular weight excluding hydrogens is 283 g/mol. The monoisotopic (exact) mass is 292 g/mol. The highest BCUT2D eigenvalue weighted by atomic mass is 35.5. The van der Waals surface area contributed by atoms with Gasteiger partial charge in [0.15, 0.2) is 5.78 Å². The van der Waals surface area contributed by atoms with Crippen LogP contribution in [0.2, 0.25) is 9.36 Å². The number of ketones is 1. The lowest BCUT2D eigenvalue weighted by Gasteiger charge is -2.00. The number of ether oxygens (including phenoxy) is 1. The standard InChI is InChI=1S/C11H10Cl2O3S/c1-2-16-11(15)6-3-5(6)9(14)7-4-17-10(13)8(7)12/h4-6H,2-3H2,1H3. The average molecular weight is 293 g/mol. The SMILES string of the molecule is CCOC(=O)C1CC1C(=O)c1csc(Cl)c1Cl. The van der Waals surface area contributed by atoms with E-state index in [1.54, 1.807) is 12.3 Å². The Balaban J connectivity index is 2.04. The fourth-order valence-electron chi connectivity index (χ4n) is 1.68. The van der Waals surface area contributed by atoms with Gasteiger partial charge in [-0.2, -0.15) is 0 Å². The van der Waals surface area contributed by atoms with Gasteiger partial charge in [-0.25, -0.2) is 0 Å². The molecule has 1 aliphatic rings. The van der Waals surface area contributed by atoms with Crippen molar-refractivity contribution >= 4 is 46.3 Å². The summed E-state index contributed by atoms with van der Waals surface area (Å²) in [6.45, 7) is 2.08. The Labute approximate surface area is 113 Å². The number of Topliss-reactive ketones (excluding diaryl/α,β-unsaturated/α-hetero) is 1. The Hall–Kier alpha value is -0.580. The van der Waals surface area contributed by atoms with E-state index in [9.17, 15) is 9.59 Å². The Bertz CT molecular complexity index is 469. The van der Waals surface area contributed by atoms with Crippen molar-refractivity contribution < 1.29 is 14.3 Å². The maximum Gasteiger partial charge on any atom is 0.309 e. The van der Waals surface area contributed by atoms with Gasteiger partial charge in [-0.15, -0.1) is 11.3 Å². The van der Waals surface area contributed by atoms with Crippen molar-refractivity contribution in [2.75, 3.05) is 6.61 Å². The largest absolute Gasteiger partial charge is 0.466 e. The number of carbonyl (C=O) groups excluding carboxylic acids is 2. The Morgan fingerprint density at radius 2 is 2.18 bits per heavy atom. The zero-order valence-electron chi connectivity index (χ0n) is 9.04. The Morgan fingerprint density at radius 3 is 2.71 bits per heavy atom. The quantitative estimate of drug-likeness (QED) is 0.631. The first-order chi connectivity index (χ1) is 8.06. The van der Waals surface area contributed by atoms with Gasteiger partial charge in [0.05, 0.1) is 17.5 Å². The van der Waals surface area contributed by atoms with Crippen molar-refractivity contribution in [1.29, 1.82) is 0 Å². The highest BCUT2D eigenvalue weighted by molar-refractivity contribution is 7.15. The lowest BCUT2D eigenvalue weighted by molar-refractivity contribution is -0.144. The molecule has 6 heteroatoms. The van der Waals surface area contributed by atoms with Crippen LogP contribution in [0, 0.1) is 11.8 Å². The third kappa shape index (κ3) is 2.49. The lowest BCUT2D eigenvalue weighted by Crippen LogP contribution is -2.11. The van der Waals surface area contributed by atoms with Gasteiger partial charge in [-0.05, 0) is 13.3 Å². The molecule has 0 aliphatic heterocycles.